The van der Waals surface area contributed by atoms with Crippen LogP contribution in [0.4, 0.5) is 5.69 Å². The minimum Gasteiger partial charge on any atom is -0.494 e. The van der Waals surface area contributed by atoms with Gasteiger partial charge < -0.3 is 10.5 Å². The highest BCUT2D eigenvalue weighted by Crippen LogP contribution is 2.26. The molecule has 0 bridgehead atoms. The molecule has 0 amide bonds. The first-order valence-electron chi connectivity index (χ1n) is 5.95. The van der Waals surface area contributed by atoms with E-state index in [1.54, 1.807) is 42.5 Å². The van der Waals surface area contributed by atoms with Crippen LogP contribution < -0.4 is 10.5 Å². The smallest absolute Gasteiger partial charge is 0.194 e. The molecule has 2 N–H and O–H groups in total. The number of nitrogen functional groups attached to an aromatic ring is 1. The molecule has 4 heteroatoms. The number of ketones is 1. The van der Waals surface area contributed by atoms with Gasteiger partial charge in [-0.3, -0.25) is 4.79 Å². The summed E-state index contributed by atoms with van der Waals surface area (Å²) in [6.07, 6.45) is 0. The Balaban J connectivity index is 2.31. The third kappa shape index (κ3) is 2.96. The Morgan fingerprint density at radius 1 is 1.21 bits per heavy atom. The number of benzene rings is 2. The van der Waals surface area contributed by atoms with Gasteiger partial charge in [0.2, 0.25) is 0 Å². The fraction of sp³-hybridized carbons (Fsp3) is 0.133. The Morgan fingerprint density at radius 3 is 2.53 bits per heavy atom. The number of nitrogens with two attached hydrogens (primary N) is 1. The second-order valence-corrected chi connectivity index (χ2v) is 4.79. The zero-order valence-corrected chi connectivity index (χ0v) is 12.1. The average molecular weight is 320 g/mol. The molecule has 98 valence electrons. The summed E-state index contributed by atoms with van der Waals surface area (Å²) in [6, 6.07) is 12.3. The van der Waals surface area contributed by atoms with Gasteiger partial charge in [0.15, 0.2) is 5.78 Å². The standard InChI is InChI=1S/C15H14BrNO2/c1-2-19-11-8-6-10(7-9-11)15(18)12-4-3-5-13(17)14(12)16/h3-9H,2,17H2,1H3. The van der Waals surface area contributed by atoms with Crippen LogP contribution in [-0.2, 0) is 0 Å². The molecule has 3 nitrogen and oxygen atoms in total. The maximum atomic E-state index is 12.4. The number of carbonyl (C=O) groups is 1. The van der Waals surface area contributed by atoms with Crippen molar-refractivity contribution in [2.75, 3.05) is 12.3 Å². The van der Waals surface area contributed by atoms with Crippen LogP contribution in [0.25, 0.3) is 0 Å². The maximum Gasteiger partial charge on any atom is 0.194 e. The summed E-state index contributed by atoms with van der Waals surface area (Å²) in [4.78, 5) is 12.4. The predicted molar refractivity (Wildman–Crippen MR) is 79.6 cm³/mol. The van der Waals surface area contributed by atoms with Gasteiger partial charge in [-0.1, -0.05) is 6.07 Å². The van der Waals surface area contributed by atoms with Crippen LogP contribution in [0.5, 0.6) is 5.75 Å². The van der Waals surface area contributed by atoms with E-state index in [0.29, 0.717) is 27.9 Å². The lowest BCUT2D eigenvalue weighted by molar-refractivity contribution is 0.103. The number of anilines is 1. The van der Waals surface area contributed by atoms with Crippen LogP contribution in [0.1, 0.15) is 22.8 Å². The zero-order valence-electron chi connectivity index (χ0n) is 10.5. The maximum absolute atomic E-state index is 12.4. The highest BCUT2D eigenvalue weighted by molar-refractivity contribution is 9.10. The van der Waals surface area contributed by atoms with E-state index < -0.39 is 0 Å². The summed E-state index contributed by atoms with van der Waals surface area (Å²) in [7, 11) is 0. The van der Waals surface area contributed by atoms with Gasteiger partial charge in [0, 0.05) is 16.8 Å². The molecule has 0 aliphatic carbocycles. The molecule has 2 aromatic carbocycles. The molecule has 0 atom stereocenters. The number of hydrogen-bond donors (Lipinski definition) is 1. The summed E-state index contributed by atoms with van der Waals surface area (Å²) < 4.78 is 5.98. The average Bonchev–Trinajstić information content (AvgIpc) is 2.42. The minimum atomic E-state index is -0.0674. The minimum absolute atomic E-state index is 0.0674. The van der Waals surface area contributed by atoms with Gasteiger partial charge in [-0.15, -0.1) is 0 Å². The topological polar surface area (TPSA) is 52.3 Å². The second kappa shape index (κ2) is 5.89. The molecular weight excluding hydrogens is 306 g/mol. The Labute approximate surface area is 120 Å². The van der Waals surface area contributed by atoms with E-state index in [2.05, 4.69) is 15.9 Å². The van der Waals surface area contributed by atoms with Gasteiger partial charge in [-0.2, -0.15) is 0 Å². The second-order valence-electron chi connectivity index (χ2n) is 4.00. The van der Waals surface area contributed by atoms with Crippen LogP contribution in [0.3, 0.4) is 0 Å². The molecule has 0 aliphatic rings. The highest BCUT2D eigenvalue weighted by Gasteiger charge is 2.13. The SMILES string of the molecule is CCOc1ccc(C(=O)c2cccc(N)c2Br)cc1. The van der Waals surface area contributed by atoms with Crippen molar-refractivity contribution in [1.29, 1.82) is 0 Å². The van der Waals surface area contributed by atoms with Crippen molar-refractivity contribution in [1.82, 2.24) is 0 Å². The molecule has 0 saturated carbocycles. The summed E-state index contributed by atoms with van der Waals surface area (Å²) in [5.41, 5.74) is 7.50. The Hall–Kier alpha value is -1.81. The predicted octanol–water partition coefficient (Wildman–Crippen LogP) is 3.66. The van der Waals surface area contributed by atoms with Gasteiger partial charge in [0.05, 0.1) is 11.1 Å². The van der Waals surface area contributed by atoms with Crippen molar-refractivity contribution in [3.63, 3.8) is 0 Å². The summed E-state index contributed by atoms with van der Waals surface area (Å²) in [5.74, 6) is 0.688. The van der Waals surface area contributed by atoms with Gasteiger partial charge in [0.25, 0.3) is 0 Å². The van der Waals surface area contributed by atoms with Gasteiger partial charge >= 0.3 is 0 Å². The molecule has 2 rings (SSSR count). The normalized spacial score (nSPS) is 10.2. The van der Waals surface area contributed by atoms with Crippen LogP contribution in [-0.4, -0.2) is 12.4 Å². The van der Waals surface area contributed by atoms with Crippen molar-refractivity contribution < 1.29 is 9.53 Å². The Morgan fingerprint density at radius 2 is 1.89 bits per heavy atom. The van der Waals surface area contributed by atoms with Gasteiger partial charge in [-0.05, 0) is 59.3 Å². The van der Waals surface area contributed by atoms with Crippen LogP contribution in [0.2, 0.25) is 0 Å². The summed E-state index contributed by atoms with van der Waals surface area (Å²) in [6.45, 7) is 2.52. The van der Waals surface area contributed by atoms with E-state index in [-0.39, 0.29) is 5.78 Å². The first-order chi connectivity index (χ1) is 9.13. The number of hydrogen-bond acceptors (Lipinski definition) is 3. The van der Waals surface area contributed by atoms with Crippen molar-refractivity contribution in [3.8, 4) is 5.75 Å². The molecule has 0 heterocycles. The molecule has 0 aliphatic heterocycles. The number of carbonyl (C=O) groups excluding carboxylic acids is 1. The van der Waals surface area contributed by atoms with Gasteiger partial charge in [0.1, 0.15) is 5.75 Å². The van der Waals surface area contributed by atoms with Crippen molar-refractivity contribution in [2.24, 2.45) is 0 Å². The van der Waals surface area contributed by atoms with E-state index in [1.165, 1.54) is 0 Å². The van der Waals surface area contributed by atoms with E-state index in [1.807, 2.05) is 6.92 Å². The highest BCUT2D eigenvalue weighted by atomic mass is 79.9. The monoisotopic (exact) mass is 319 g/mol. The van der Waals surface area contributed by atoms with Crippen LogP contribution >= 0.6 is 15.9 Å². The molecule has 0 unspecified atom stereocenters. The van der Waals surface area contributed by atoms with Crippen molar-refractivity contribution >= 4 is 27.4 Å². The number of halogens is 1. The lowest BCUT2D eigenvalue weighted by Gasteiger charge is -2.07. The fourth-order valence-electron chi connectivity index (χ4n) is 1.75. The molecule has 0 aromatic heterocycles. The van der Waals surface area contributed by atoms with E-state index >= 15 is 0 Å². The van der Waals surface area contributed by atoms with Crippen LogP contribution in [0.15, 0.2) is 46.9 Å². The molecule has 19 heavy (non-hydrogen) atoms. The quantitative estimate of drug-likeness (QED) is 0.691. The zero-order chi connectivity index (χ0) is 13.8. The molecule has 0 fully saturated rings. The van der Waals surface area contributed by atoms with Crippen LogP contribution in [0, 0.1) is 0 Å². The Bertz CT molecular complexity index is 594. The lowest BCUT2D eigenvalue weighted by atomic mass is 10.0. The van der Waals surface area contributed by atoms with E-state index in [0.717, 1.165) is 5.75 Å². The van der Waals surface area contributed by atoms with E-state index in [4.69, 9.17) is 10.5 Å². The van der Waals surface area contributed by atoms with E-state index in [9.17, 15) is 4.79 Å². The third-order valence-corrected chi connectivity index (χ3v) is 3.59. The van der Waals surface area contributed by atoms with Crippen molar-refractivity contribution in [2.45, 2.75) is 6.92 Å². The van der Waals surface area contributed by atoms with Crippen molar-refractivity contribution in [3.05, 3.63) is 58.1 Å². The molecule has 2 aromatic rings. The first-order valence-corrected chi connectivity index (χ1v) is 6.74. The summed E-state index contributed by atoms with van der Waals surface area (Å²) in [5, 5.41) is 0. The number of ether oxygens (including phenoxy) is 1. The fourth-order valence-corrected chi connectivity index (χ4v) is 2.19. The molecule has 0 saturated heterocycles. The molecular formula is C15H14BrNO2. The largest absolute Gasteiger partial charge is 0.494 e. The number of rotatable bonds is 4. The molecule has 0 spiro atoms. The third-order valence-electron chi connectivity index (χ3n) is 2.70. The Kier molecular flexibility index (Phi) is 4.22. The summed E-state index contributed by atoms with van der Waals surface area (Å²) >= 11 is 3.35. The molecule has 0 radical (unpaired) electrons. The van der Waals surface area contributed by atoms with Gasteiger partial charge in [-0.25, -0.2) is 0 Å². The first kappa shape index (κ1) is 13.6. The lowest BCUT2D eigenvalue weighted by Crippen LogP contribution is -2.04.